The van der Waals surface area contributed by atoms with E-state index in [4.69, 9.17) is 5.11 Å². The van der Waals surface area contributed by atoms with Crippen LogP contribution in [0.25, 0.3) is 0 Å². The van der Waals surface area contributed by atoms with Gasteiger partial charge in [0.1, 0.15) is 6.04 Å². The number of amides is 1. The lowest BCUT2D eigenvalue weighted by Crippen LogP contribution is -2.41. The van der Waals surface area contributed by atoms with E-state index in [2.05, 4.69) is 4.72 Å². The Labute approximate surface area is 145 Å². The molecule has 136 valence electrons. The van der Waals surface area contributed by atoms with Crippen molar-refractivity contribution >= 4 is 27.7 Å². The van der Waals surface area contributed by atoms with Crippen LogP contribution in [0.1, 0.15) is 36.5 Å². The largest absolute Gasteiger partial charge is 0.480 e. The van der Waals surface area contributed by atoms with Crippen LogP contribution < -0.4 is 4.72 Å². The van der Waals surface area contributed by atoms with Gasteiger partial charge in [-0.05, 0) is 31.9 Å². The Morgan fingerprint density at radius 3 is 2.68 bits per heavy atom. The third kappa shape index (κ3) is 4.64. The molecule has 1 amide bonds. The van der Waals surface area contributed by atoms with Crippen LogP contribution in [-0.2, 0) is 19.6 Å². The van der Waals surface area contributed by atoms with E-state index in [9.17, 15) is 22.8 Å². The van der Waals surface area contributed by atoms with Crippen molar-refractivity contribution in [2.24, 2.45) is 0 Å². The third-order valence-electron chi connectivity index (χ3n) is 4.04. The molecule has 0 bridgehead atoms. The van der Waals surface area contributed by atoms with E-state index in [-0.39, 0.29) is 29.2 Å². The Morgan fingerprint density at radius 2 is 2.04 bits per heavy atom. The van der Waals surface area contributed by atoms with Crippen molar-refractivity contribution in [2.75, 3.05) is 13.1 Å². The molecular weight excluding hydrogens is 348 g/mol. The number of carbonyl (C=O) groups is 3. The molecule has 8 nitrogen and oxygen atoms in total. The number of aliphatic carboxylic acids is 1. The van der Waals surface area contributed by atoms with Gasteiger partial charge >= 0.3 is 5.97 Å². The molecule has 2 N–H and O–H groups in total. The fourth-order valence-corrected chi connectivity index (χ4v) is 3.80. The van der Waals surface area contributed by atoms with Gasteiger partial charge in [-0.1, -0.05) is 12.1 Å². The molecule has 1 aliphatic rings. The quantitative estimate of drug-likeness (QED) is 0.681. The summed E-state index contributed by atoms with van der Waals surface area (Å²) < 4.78 is 26.8. The van der Waals surface area contributed by atoms with Crippen molar-refractivity contribution in [1.82, 2.24) is 9.62 Å². The lowest BCUT2D eigenvalue weighted by molar-refractivity contribution is -0.148. The van der Waals surface area contributed by atoms with Gasteiger partial charge in [-0.25, -0.2) is 17.9 Å². The van der Waals surface area contributed by atoms with Crippen LogP contribution >= 0.6 is 0 Å². The van der Waals surface area contributed by atoms with Crippen molar-refractivity contribution in [3.63, 3.8) is 0 Å². The second kappa shape index (κ2) is 7.75. The van der Waals surface area contributed by atoms with Crippen molar-refractivity contribution in [3.05, 3.63) is 29.8 Å². The molecule has 1 atom stereocenters. The van der Waals surface area contributed by atoms with Gasteiger partial charge in [-0.3, -0.25) is 9.59 Å². The van der Waals surface area contributed by atoms with Gasteiger partial charge in [-0.15, -0.1) is 0 Å². The summed E-state index contributed by atoms with van der Waals surface area (Å²) in [6.07, 6.45) is 0.895. The summed E-state index contributed by atoms with van der Waals surface area (Å²) in [5, 5.41) is 9.07. The zero-order valence-electron chi connectivity index (χ0n) is 13.8. The predicted molar refractivity (Wildman–Crippen MR) is 88.6 cm³/mol. The first kappa shape index (κ1) is 19.1. The van der Waals surface area contributed by atoms with E-state index >= 15 is 0 Å². The molecule has 0 saturated carbocycles. The molecule has 2 rings (SSSR count). The molecule has 0 aromatic heterocycles. The molecule has 1 saturated heterocycles. The van der Waals surface area contributed by atoms with E-state index in [0.29, 0.717) is 19.4 Å². The number of ketones is 1. The average Bonchev–Trinajstić information content (AvgIpc) is 3.04. The summed E-state index contributed by atoms with van der Waals surface area (Å²) in [4.78, 5) is 35.8. The molecule has 0 spiro atoms. The lowest BCUT2D eigenvalue weighted by Gasteiger charge is -2.21. The minimum Gasteiger partial charge on any atom is -0.480 e. The number of carbonyl (C=O) groups excluding carboxylic acids is 2. The molecule has 1 aromatic carbocycles. The topological polar surface area (TPSA) is 121 Å². The summed E-state index contributed by atoms with van der Waals surface area (Å²) in [6, 6.07) is 4.78. The maximum Gasteiger partial charge on any atom is 0.326 e. The number of nitrogens with zero attached hydrogens (tertiary/aromatic N) is 1. The Bertz CT molecular complexity index is 790. The van der Waals surface area contributed by atoms with Crippen LogP contribution in [0.15, 0.2) is 29.2 Å². The fraction of sp³-hybridized carbons (Fsp3) is 0.438. The molecule has 9 heteroatoms. The number of likely N-dealkylation sites (tertiary alicyclic amines) is 1. The number of carboxylic acid groups (broad SMARTS) is 1. The van der Waals surface area contributed by atoms with Gasteiger partial charge in [0.25, 0.3) is 0 Å². The van der Waals surface area contributed by atoms with E-state index in [1.807, 2.05) is 0 Å². The zero-order chi connectivity index (χ0) is 18.6. The highest BCUT2D eigenvalue weighted by Crippen LogP contribution is 2.18. The van der Waals surface area contributed by atoms with Crippen LogP contribution in [0.5, 0.6) is 0 Å². The second-order valence-corrected chi connectivity index (χ2v) is 7.58. The first-order valence-electron chi connectivity index (χ1n) is 7.85. The smallest absolute Gasteiger partial charge is 0.326 e. The SMILES string of the molecule is CC(=O)c1cccc(S(=O)(=O)NCCC(=O)N2CCC[C@@H]2C(=O)O)c1. The molecular formula is C16H20N2O6S. The molecule has 1 aliphatic heterocycles. The molecule has 1 fully saturated rings. The first-order valence-corrected chi connectivity index (χ1v) is 9.33. The normalized spacial score (nSPS) is 17.5. The summed E-state index contributed by atoms with van der Waals surface area (Å²) in [5.74, 6) is -1.70. The van der Waals surface area contributed by atoms with Crippen LogP contribution in [-0.4, -0.2) is 55.2 Å². The maximum absolute atomic E-state index is 12.2. The lowest BCUT2D eigenvalue weighted by atomic mass is 10.2. The highest BCUT2D eigenvalue weighted by Gasteiger charge is 2.33. The summed E-state index contributed by atoms with van der Waals surface area (Å²) in [5.41, 5.74) is 0.278. The van der Waals surface area contributed by atoms with Gasteiger partial charge in [0.05, 0.1) is 4.90 Å². The summed E-state index contributed by atoms with van der Waals surface area (Å²) >= 11 is 0. The summed E-state index contributed by atoms with van der Waals surface area (Å²) in [6.45, 7) is 1.56. The minimum absolute atomic E-state index is 0.0581. The average molecular weight is 368 g/mol. The van der Waals surface area contributed by atoms with Crippen LogP contribution in [0, 0.1) is 0 Å². The fourth-order valence-electron chi connectivity index (χ4n) is 2.72. The van der Waals surface area contributed by atoms with Crippen molar-refractivity contribution in [3.8, 4) is 0 Å². The Balaban J connectivity index is 1.96. The third-order valence-corrected chi connectivity index (χ3v) is 5.50. The van der Waals surface area contributed by atoms with Crippen molar-refractivity contribution in [2.45, 2.75) is 37.1 Å². The Hall–Kier alpha value is -2.26. The second-order valence-electron chi connectivity index (χ2n) is 5.82. The number of benzene rings is 1. The van der Waals surface area contributed by atoms with Crippen molar-refractivity contribution in [1.29, 1.82) is 0 Å². The van der Waals surface area contributed by atoms with Crippen LogP contribution in [0.3, 0.4) is 0 Å². The van der Waals surface area contributed by atoms with E-state index in [1.165, 1.54) is 36.1 Å². The van der Waals surface area contributed by atoms with Crippen LogP contribution in [0.2, 0.25) is 0 Å². The standard InChI is InChI=1S/C16H20N2O6S/c1-11(19)12-4-2-5-13(10-12)25(23,24)17-8-7-15(20)18-9-3-6-14(18)16(21)22/h2,4-5,10,14,17H,3,6-9H2,1H3,(H,21,22)/t14-/m1/s1. The number of nitrogens with one attached hydrogen (secondary N) is 1. The van der Waals surface area contributed by atoms with Gasteiger partial charge < -0.3 is 10.0 Å². The molecule has 0 radical (unpaired) electrons. The Kier molecular flexibility index (Phi) is 5.91. The van der Waals surface area contributed by atoms with Gasteiger partial charge in [-0.2, -0.15) is 0 Å². The van der Waals surface area contributed by atoms with E-state index in [0.717, 1.165) is 0 Å². The number of rotatable bonds is 7. The molecule has 1 aromatic rings. The molecule has 1 heterocycles. The maximum atomic E-state index is 12.2. The van der Waals surface area contributed by atoms with Gasteiger partial charge in [0.2, 0.25) is 15.9 Å². The minimum atomic E-state index is -3.85. The van der Waals surface area contributed by atoms with Gasteiger partial charge in [0, 0.05) is 25.1 Å². The number of carboxylic acids is 1. The van der Waals surface area contributed by atoms with Crippen molar-refractivity contribution < 1.29 is 27.9 Å². The Morgan fingerprint density at radius 1 is 1.32 bits per heavy atom. The predicted octanol–water partition coefficient (Wildman–Crippen LogP) is 0.633. The number of hydrogen-bond acceptors (Lipinski definition) is 5. The van der Waals surface area contributed by atoms with Crippen LogP contribution in [0.4, 0.5) is 0 Å². The highest BCUT2D eigenvalue weighted by atomic mass is 32.2. The van der Waals surface area contributed by atoms with Gasteiger partial charge in [0.15, 0.2) is 5.78 Å². The summed E-state index contributed by atoms with van der Waals surface area (Å²) in [7, 11) is -3.85. The molecule has 0 unspecified atom stereocenters. The van der Waals surface area contributed by atoms with E-state index in [1.54, 1.807) is 0 Å². The monoisotopic (exact) mass is 368 g/mol. The highest BCUT2D eigenvalue weighted by molar-refractivity contribution is 7.89. The number of hydrogen-bond donors (Lipinski definition) is 2. The van der Waals surface area contributed by atoms with E-state index < -0.39 is 27.9 Å². The molecule has 0 aliphatic carbocycles. The first-order chi connectivity index (χ1) is 11.7. The number of sulfonamides is 1. The zero-order valence-corrected chi connectivity index (χ0v) is 14.6. The molecule has 25 heavy (non-hydrogen) atoms. The number of Topliss-reactive ketones (excluding diaryl/α,β-unsaturated/α-hetero) is 1.